The topological polar surface area (TPSA) is 46.6 Å². The first-order valence-electron chi connectivity index (χ1n) is 5.71. The van der Waals surface area contributed by atoms with Crippen molar-refractivity contribution in [2.75, 3.05) is 19.7 Å². The number of carbonyl (C=O) groups is 2. The van der Waals surface area contributed by atoms with Crippen molar-refractivity contribution in [2.24, 2.45) is 0 Å². The largest absolute Gasteiger partial charge is 0.460 e. The second kappa shape index (κ2) is 6.30. The highest BCUT2D eigenvalue weighted by Gasteiger charge is 2.16. The first-order valence-corrected chi connectivity index (χ1v) is 5.71. The molecule has 1 aliphatic heterocycles. The Morgan fingerprint density at radius 3 is 2.88 bits per heavy atom. The van der Waals surface area contributed by atoms with Gasteiger partial charge in [0, 0.05) is 18.5 Å². The van der Waals surface area contributed by atoms with Crippen LogP contribution in [0.25, 0.3) is 0 Å². The summed E-state index contributed by atoms with van der Waals surface area (Å²) in [6.07, 6.45) is 3.74. The molecule has 1 heterocycles. The average Bonchev–Trinajstić information content (AvgIpc) is 2.44. The van der Waals surface area contributed by atoms with Crippen LogP contribution in [-0.2, 0) is 14.3 Å². The molecule has 1 rings (SSSR count). The molecular weight excluding hydrogens is 206 g/mol. The van der Waals surface area contributed by atoms with Crippen molar-refractivity contribution in [3.05, 3.63) is 12.2 Å². The summed E-state index contributed by atoms with van der Waals surface area (Å²) in [6, 6.07) is 0. The van der Waals surface area contributed by atoms with Crippen molar-refractivity contribution in [1.29, 1.82) is 0 Å². The van der Waals surface area contributed by atoms with Crippen LogP contribution in [0.3, 0.4) is 0 Å². The van der Waals surface area contributed by atoms with E-state index in [4.69, 9.17) is 4.74 Å². The van der Waals surface area contributed by atoms with Crippen molar-refractivity contribution in [2.45, 2.75) is 32.6 Å². The van der Waals surface area contributed by atoms with Gasteiger partial charge in [-0.15, -0.1) is 0 Å². The summed E-state index contributed by atoms with van der Waals surface area (Å²) in [5.74, 6) is -0.217. The van der Waals surface area contributed by atoms with E-state index in [-0.39, 0.29) is 18.5 Å². The van der Waals surface area contributed by atoms with Crippen LogP contribution in [0.2, 0.25) is 0 Å². The van der Waals surface area contributed by atoms with Crippen molar-refractivity contribution >= 4 is 11.9 Å². The van der Waals surface area contributed by atoms with Crippen molar-refractivity contribution < 1.29 is 14.3 Å². The number of esters is 1. The van der Waals surface area contributed by atoms with Crippen LogP contribution < -0.4 is 0 Å². The smallest absolute Gasteiger partial charge is 0.333 e. The summed E-state index contributed by atoms with van der Waals surface area (Å²) < 4.78 is 4.96. The summed E-state index contributed by atoms with van der Waals surface area (Å²) in [6.45, 7) is 6.65. The maximum absolute atomic E-state index is 11.6. The standard InChI is InChI=1S/C12H19NO3/c1-10(2)12(15)16-9-8-13-7-5-3-4-6-11(13)14/h1,3-9H2,2H3. The maximum Gasteiger partial charge on any atom is 0.333 e. The Kier molecular flexibility index (Phi) is 5.02. The minimum Gasteiger partial charge on any atom is -0.460 e. The molecule has 0 atom stereocenters. The Bertz CT molecular complexity index is 286. The monoisotopic (exact) mass is 225 g/mol. The zero-order chi connectivity index (χ0) is 12.0. The zero-order valence-corrected chi connectivity index (χ0v) is 9.83. The van der Waals surface area contributed by atoms with Gasteiger partial charge in [-0.3, -0.25) is 4.79 Å². The van der Waals surface area contributed by atoms with E-state index >= 15 is 0 Å². The summed E-state index contributed by atoms with van der Waals surface area (Å²) >= 11 is 0. The molecule has 16 heavy (non-hydrogen) atoms. The molecule has 0 unspecified atom stereocenters. The average molecular weight is 225 g/mol. The molecule has 0 spiro atoms. The molecule has 1 amide bonds. The van der Waals surface area contributed by atoms with Gasteiger partial charge in [0.15, 0.2) is 0 Å². The molecule has 0 saturated carbocycles. The van der Waals surface area contributed by atoms with E-state index in [9.17, 15) is 9.59 Å². The quantitative estimate of drug-likeness (QED) is 0.538. The van der Waals surface area contributed by atoms with Crippen LogP contribution in [0, 0.1) is 0 Å². The van der Waals surface area contributed by atoms with Gasteiger partial charge in [0.25, 0.3) is 0 Å². The summed E-state index contributed by atoms with van der Waals surface area (Å²) in [7, 11) is 0. The number of nitrogens with zero attached hydrogens (tertiary/aromatic N) is 1. The van der Waals surface area contributed by atoms with Gasteiger partial charge in [0.05, 0.1) is 6.54 Å². The summed E-state index contributed by atoms with van der Waals surface area (Å²) in [5, 5.41) is 0. The minimum absolute atomic E-state index is 0.170. The Hall–Kier alpha value is -1.32. The van der Waals surface area contributed by atoms with Crippen molar-refractivity contribution in [1.82, 2.24) is 4.90 Å². The third-order valence-electron chi connectivity index (χ3n) is 2.61. The van der Waals surface area contributed by atoms with Crippen LogP contribution >= 0.6 is 0 Å². The fourth-order valence-corrected chi connectivity index (χ4v) is 1.65. The number of hydrogen-bond acceptors (Lipinski definition) is 3. The van der Waals surface area contributed by atoms with E-state index in [2.05, 4.69) is 6.58 Å². The van der Waals surface area contributed by atoms with Gasteiger partial charge in [0.2, 0.25) is 5.91 Å². The lowest BCUT2D eigenvalue weighted by molar-refractivity contribution is -0.141. The molecule has 0 aliphatic carbocycles. The number of ether oxygens (including phenoxy) is 1. The summed E-state index contributed by atoms with van der Waals surface area (Å²) in [5.41, 5.74) is 0.391. The Morgan fingerprint density at radius 1 is 1.44 bits per heavy atom. The van der Waals surface area contributed by atoms with Crippen LogP contribution in [0.4, 0.5) is 0 Å². The lowest BCUT2D eigenvalue weighted by atomic mass is 10.2. The first kappa shape index (κ1) is 12.7. The van der Waals surface area contributed by atoms with E-state index in [1.807, 2.05) is 0 Å². The van der Waals surface area contributed by atoms with E-state index in [0.29, 0.717) is 18.5 Å². The van der Waals surface area contributed by atoms with Gasteiger partial charge in [0.1, 0.15) is 6.61 Å². The van der Waals surface area contributed by atoms with Gasteiger partial charge in [-0.1, -0.05) is 13.0 Å². The summed E-state index contributed by atoms with van der Waals surface area (Å²) in [4.78, 5) is 24.5. The second-order valence-electron chi connectivity index (χ2n) is 4.11. The minimum atomic E-state index is -0.387. The SMILES string of the molecule is C=C(C)C(=O)OCCN1CCCCCC1=O. The molecule has 4 nitrogen and oxygen atoms in total. The predicted molar refractivity (Wildman–Crippen MR) is 60.8 cm³/mol. The Balaban J connectivity index is 2.28. The van der Waals surface area contributed by atoms with E-state index in [1.165, 1.54) is 0 Å². The zero-order valence-electron chi connectivity index (χ0n) is 9.83. The van der Waals surface area contributed by atoms with E-state index in [1.54, 1.807) is 11.8 Å². The fourth-order valence-electron chi connectivity index (χ4n) is 1.65. The van der Waals surface area contributed by atoms with Crippen LogP contribution in [0.15, 0.2) is 12.2 Å². The van der Waals surface area contributed by atoms with Gasteiger partial charge < -0.3 is 9.64 Å². The molecular formula is C12H19NO3. The highest BCUT2D eigenvalue weighted by atomic mass is 16.5. The predicted octanol–water partition coefficient (Wildman–Crippen LogP) is 1.51. The van der Waals surface area contributed by atoms with Gasteiger partial charge >= 0.3 is 5.97 Å². The van der Waals surface area contributed by atoms with Crippen LogP contribution in [0.1, 0.15) is 32.6 Å². The highest BCUT2D eigenvalue weighted by molar-refractivity contribution is 5.86. The Morgan fingerprint density at radius 2 is 2.19 bits per heavy atom. The lowest BCUT2D eigenvalue weighted by Crippen LogP contribution is -2.33. The number of amides is 1. The molecule has 0 aromatic heterocycles. The molecule has 1 saturated heterocycles. The van der Waals surface area contributed by atoms with Crippen molar-refractivity contribution in [3.8, 4) is 0 Å². The number of rotatable bonds is 4. The molecule has 0 aromatic carbocycles. The highest BCUT2D eigenvalue weighted by Crippen LogP contribution is 2.10. The van der Waals surface area contributed by atoms with Gasteiger partial charge in [-0.05, 0) is 19.8 Å². The third kappa shape index (κ3) is 4.04. The molecule has 4 heteroatoms. The number of carbonyl (C=O) groups excluding carboxylic acids is 2. The second-order valence-corrected chi connectivity index (χ2v) is 4.11. The molecule has 0 radical (unpaired) electrons. The molecule has 0 bridgehead atoms. The van der Waals surface area contributed by atoms with Crippen LogP contribution in [0.5, 0.6) is 0 Å². The third-order valence-corrected chi connectivity index (χ3v) is 2.61. The lowest BCUT2D eigenvalue weighted by Gasteiger charge is -2.20. The molecule has 90 valence electrons. The number of likely N-dealkylation sites (tertiary alicyclic amines) is 1. The van der Waals surface area contributed by atoms with E-state index < -0.39 is 0 Å². The Labute approximate surface area is 96.3 Å². The maximum atomic E-state index is 11.6. The van der Waals surface area contributed by atoms with Gasteiger partial charge in [-0.2, -0.15) is 0 Å². The molecule has 0 N–H and O–H groups in total. The van der Waals surface area contributed by atoms with Crippen molar-refractivity contribution in [3.63, 3.8) is 0 Å². The van der Waals surface area contributed by atoms with Crippen LogP contribution in [-0.4, -0.2) is 36.5 Å². The normalized spacial score (nSPS) is 16.8. The molecule has 1 aliphatic rings. The first-order chi connectivity index (χ1) is 7.61. The molecule has 1 fully saturated rings. The molecule has 0 aromatic rings. The van der Waals surface area contributed by atoms with E-state index in [0.717, 1.165) is 25.8 Å². The fraction of sp³-hybridized carbons (Fsp3) is 0.667. The number of hydrogen-bond donors (Lipinski definition) is 0. The van der Waals surface area contributed by atoms with Gasteiger partial charge in [-0.25, -0.2) is 4.79 Å².